The molecular weight excluding hydrogens is 259 g/mol. The first kappa shape index (κ1) is 13.8. The van der Waals surface area contributed by atoms with Crippen molar-refractivity contribution in [3.8, 4) is 0 Å². The minimum atomic E-state index is -0.271. The third-order valence-electron chi connectivity index (χ3n) is 2.83. The molecule has 2 aromatic rings. The van der Waals surface area contributed by atoms with E-state index < -0.39 is 0 Å². The van der Waals surface area contributed by atoms with Crippen LogP contribution in [0, 0.1) is 5.82 Å². The Morgan fingerprint density at radius 1 is 1.11 bits per heavy atom. The van der Waals surface area contributed by atoms with Crippen LogP contribution < -0.4 is 0 Å². The van der Waals surface area contributed by atoms with Crippen LogP contribution in [0.25, 0.3) is 0 Å². The van der Waals surface area contributed by atoms with Crippen molar-refractivity contribution in [3.05, 3.63) is 66.0 Å². The van der Waals surface area contributed by atoms with Gasteiger partial charge < -0.3 is 0 Å². The molecule has 1 atom stereocenters. The highest BCUT2D eigenvalue weighted by molar-refractivity contribution is 8.00. The Bertz CT molecular complexity index is 554. The maximum absolute atomic E-state index is 13.6. The van der Waals surface area contributed by atoms with Crippen molar-refractivity contribution in [1.82, 2.24) is 0 Å². The molecule has 0 aliphatic rings. The maximum Gasteiger partial charge on any atom is 0.176 e. The van der Waals surface area contributed by atoms with Crippen LogP contribution in [0.2, 0.25) is 0 Å². The normalized spacial score (nSPS) is 12.1. The Kier molecular flexibility index (Phi) is 4.74. The fourth-order valence-corrected chi connectivity index (χ4v) is 2.86. The number of hydrogen-bond donors (Lipinski definition) is 0. The zero-order valence-corrected chi connectivity index (χ0v) is 11.5. The molecule has 3 heteroatoms. The Balaban J connectivity index is 2.17. The molecule has 0 N–H and O–H groups in total. The fraction of sp³-hybridized carbons (Fsp3) is 0.188. The van der Waals surface area contributed by atoms with Gasteiger partial charge in [-0.2, -0.15) is 0 Å². The van der Waals surface area contributed by atoms with E-state index in [1.54, 1.807) is 30.3 Å². The predicted molar refractivity (Wildman–Crippen MR) is 77.1 cm³/mol. The first-order valence-electron chi connectivity index (χ1n) is 6.22. The predicted octanol–water partition coefficient (Wildman–Crippen LogP) is 4.58. The minimum Gasteiger partial charge on any atom is -0.293 e. The lowest BCUT2D eigenvalue weighted by atomic mass is 10.1. The second kappa shape index (κ2) is 6.53. The fourth-order valence-electron chi connectivity index (χ4n) is 1.80. The summed E-state index contributed by atoms with van der Waals surface area (Å²) in [5.74, 6) is -0.219. The van der Waals surface area contributed by atoms with E-state index in [0.717, 1.165) is 0 Å². The SMILES string of the molecule is CCC(Sc1ccccc1F)C(=O)c1ccccc1. The Morgan fingerprint density at radius 2 is 1.74 bits per heavy atom. The van der Waals surface area contributed by atoms with Crippen LogP contribution in [0.15, 0.2) is 59.5 Å². The average molecular weight is 274 g/mol. The summed E-state index contributed by atoms with van der Waals surface area (Å²) in [4.78, 5) is 12.9. The molecule has 0 bridgehead atoms. The molecule has 2 aromatic carbocycles. The van der Waals surface area contributed by atoms with Crippen LogP contribution >= 0.6 is 11.8 Å². The van der Waals surface area contributed by atoms with Crippen molar-refractivity contribution in [2.24, 2.45) is 0 Å². The summed E-state index contributed by atoms with van der Waals surface area (Å²) in [6.45, 7) is 1.94. The molecule has 0 fully saturated rings. The van der Waals surface area contributed by atoms with Crippen LogP contribution in [0.5, 0.6) is 0 Å². The lowest BCUT2D eigenvalue weighted by Crippen LogP contribution is -2.16. The molecule has 0 aliphatic carbocycles. The highest BCUT2D eigenvalue weighted by Gasteiger charge is 2.20. The largest absolute Gasteiger partial charge is 0.293 e. The van der Waals surface area contributed by atoms with Gasteiger partial charge in [0.05, 0.1) is 5.25 Å². The molecule has 1 unspecified atom stereocenters. The van der Waals surface area contributed by atoms with Gasteiger partial charge in [-0.05, 0) is 18.6 Å². The Morgan fingerprint density at radius 3 is 2.37 bits per heavy atom. The van der Waals surface area contributed by atoms with E-state index in [4.69, 9.17) is 0 Å². The van der Waals surface area contributed by atoms with Gasteiger partial charge in [-0.25, -0.2) is 4.39 Å². The lowest BCUT2D eigenvalue weighted by Gasteiger charge is -2.13. The van der Waals surface area contributed by atoms with E-state index in [1.165, 1.54) is 17.8 Å². The maximum atomic E-state index is 13.6. The number of Topliss-reactive ketones (excluding diaryl/α,β-unsaturated/α-hetero) is 1. The first-order valence-corrected chi connectivity index (χ1v) is 7.10. The zero-order chi connectivity index (χ0) is 13.7. The third-order valence-corrected chi connectivity index (χ3v) is 4.24. The quantitative estimate of drug-likeness (QED) is 0.586. The van der Waals surface area contributed by atoms with Gasteiger partial charge in [0.15, 0.2) is 5.78 Å². The van der Waals surface area contributed by atoms with Crippen molar-refractivity contribution in [2.75, 3.05) is 0 Å². The number of halogens is 1. The van der Waals surface area contributed by atoms with Crippen LogP contribution in [-0.2, 0) is 0 Å². The molecule has 98 valence electrons. The molecule has 0 spiro atoms. The van der Waals surface area contributed by atoms with Crippen molar-refractivity contribution in [2.45, 2.75) is 23.5 Å². The van der Waals surface area contributed by atoms with Crippen molar-refractivity contribution < 1.29 is 9.18 Å². The summed E-state index contributed by atoms with van der Waals surface area (Å²) in [5.41, 5.74) is 0.679. The van der Waals surface area contributed by atoms with Gasteiger partial charge in [0, 0.05) is 10.5 Å². The second-order valence-electron chi connectivity index (χ2n) is 4.18. The van der Waals surface area contributed by atoms with Gasteiger partial charge in [-0.15, -0.1) is 11.8 Å². The van der Waals surface area contributed by atoms with Gasteiger partial charge in [0.25, 0.3) is 0 Å². The summed E-state index contributed by atoms with van der Waals surface area (Å²) in [7, 11) is 0. The number of carbonyl (C=O) groups excluding carboxylic acids is 1. The second-order valence-corrected chi connectivity index (χ2v) is 5.42. The number of carbonyl (C=O) groups is 1. The van der Waals surface area contributed by atoms with Crippen molar-refractivity contribution >= 4 is 17.5 Å². The Hall–Kier alpha value is -1.61. The summed E-state index contributed by atoms with van der Waals surface area (Å²) >= 11 is 1.29. The van der Waals surface area contributed by atoms with Gasteiger partial charge in [0.1, 0.15) is 5.82 Å². The molecule has 0 radical (unpaired) electrons. The average Bonchev–Trinajstić information content (AvgIpc) is 2.47. The van der Waals surface area contributed by atoms with Crippen molar-refractivity contribution in [1.29, 1.82) is 0 Å². The lowest BCUT2D eigenvalue weighted by molar-refractivity contribution is 0.0988. The molecule has 0 amide bonds. The summed E-state index contributed by atoms with van der Waals surface area (Å²) in [6, 6.07) is 15.7. The standard InChI is InChI=1S/C16H15FOS/c1-2-14(16(18)12-8-4-3-5-9-12)19-15-11-7-6-10-13(15)17/h3-11,14H,2H2,1H3. The van der Waals surface area contributed by atoms with Gasteiger partial charge in [0.2, 0.25) is 0 Å². The van der Waals surface area contributed by atoms with E-state index in [1.807, 2.05) is 25.1 Å². The first-order chi connectivity index (χ1) is 9.22. The van der Waals surface area contributed by atoms with Crippen molar-refractivity contribution in [3.63, 3.8) is 0 Å². The highest BCUT2D eigenvalue weighted by Crippen LogP contribution is 2.29. The molecule has 0 aliphatic heterocycles. The minimum absolute atomic E-state index is 0.0522. The van der Waals surface area contributed by atoms with E-state index in [2.05, 4.69) is 0 Å². The monoisotopic (exact) mass is 274 g/mol. The van der Waals surface area contributed by atoms with Crippen LogP contribution in [0.4, 0.5) is 4.39 Å². The number of rotatable bonds is 5. The number of ketones is 1. The zero-order valence-electron chi connectivity index (χ0n) is 10.7. The molecule has 0 saturated carbocycles. The van der Waals surface area contributed by atoms with Crippen LogP contribution in [0.1, 0.15) is 23.7 Å². The molecule has 0 heterocycles. The molecule has 2 rings (SSSR count). The molecule has 1 nitrogen and oxygen atoms in total. The summed E-state index contributed by atoms with van der Waals surface area (Å²) in [5, 5.41) is -0.251. The molecular formula is C16H15FOS. The van der Waals surface area contributed by atoms with Crippen LogP contribution in [0.3, 0.4) is 0 Å². The summed E-state index contributed by atoms with van der Waals surface area (Å²) in [6.07, 6.45) is 0.673. The number of thioether (sulfide) groups is 1. The van der Waals surface area contributed by atoms with Gasteiger partial charge >= 0.3 is 0 Å². The number of benzene rings is 2. The van der Waals surface area contributed by atoms with Gasteiger partial charge in [-0.1, -0.05) is 49.4 Å². The molecule has 0 saturated heterocycles. The van der Waals surface area contributed by atoms with E-state index in [-0.39, 0.29) is 16.9 Å². The number of hydrogen-bond acceptors (Lipinski definition) is 2. The molecule has 0 aromatic heterocycles. The summed E-state index contributed by atoms with van der Waals surface area (Å²) < 4.78 is 13.6. The van der Waals surface area contributed by atoms with Crippen LogP contribution in [-0.4, -0.2) is 11.0 Å². The topological polar surface area (TPSA) is 17.1 Å². The molecule has 19 heavy (non-hydrogen) atoms. The van der Waals surface area contributed by atoms with Gasteiger partial charge in [-0.3, -0.25) is 4.79 Å². The smallest absolute Gasteiger partial charge is 0.176 e. The third kappa shape index (κ3) is 3.44. The highest BCUT2D eigenvalue weighted by atomic mass is 32.2. The van der Waals surface area contributed by atoms with E-state index in [9.17, 15) is 9.18 Å². The van der Waals surface area contributed by atoms with E-state index >= 15 is 0 Å². The Labute approximate surface area is 116 Å². The van der Waals surface area contributed by atoms with E-state index in [0.29, 0.717) is 16.9 Å².